The van der Waals surface area contributed by atoms with Gasteiger partial charge in [-0.25, -0.2) is 4.98 Å². The van der Waals surface area contributed by atoms with E-state index in [-0.39, 0.29) is 5.75 Å². The summed E-state index contributed by atoms with van der Waals surface area (Å²) in [5.74, 6) is 1.61. The Morgan fingerprint density at radius 2 is 1.55 bits per heavy atom. The summed E-state index contributed by atoms with van der Waals surface area (Å²) in [5, 5.41) is 11.5. The van der Waals surface area contributed by atoms with E-state index in [1.54, 1.807) is 18.3 Å². The molecule has 0 aliphatic rings. The maximum absolute atomic E-state index is 9.52. The van der Waals surface area contributed by atoms with Gasteiger partial charge in [0.2, 0.25) is 5.89 Å². The minimum Gasteiger partial charge on any atom is -0.508 e. The third-order valence-corrected chi connectivity index (χ3v) is 3.63. The summed E-state index contributed by atoms with van der Waals surface area (Å²) in [7, 11) is 0. The van der Waals surface area contributed by atoms with Crippen LogP contribution in [-0.2, 0) is 0 Å². The number of benzene rings is 3. The molecule has 1 N–H and O–H groups in total. The molecule has 0 amide bonds. The first kappa shape index (κ1) is 12.7. The van der Waals surface area contributed by atoms with E-state index < -0.39 is 0 Å². The lowest BCUT2D eigenvalue weighted by molar-refractivity contribution is 0.476. The molecule has 0 saturated carbocycles. The Bertz CT molecular complexity index is 942. The Hall–Kier alpha value is -3.07. The molecule has 0 fully saturated rings. The maximum atomic E-state index is 9.52. The monoisotopic (exact) mass is 287 g/mol. The van der Waals surface area contributed by atoms with Crippen LogP contribution in [0.1, 0.15) is 0 Å². The zero-order valence-electron chi connectivity index (χ0n) is 11.7. The predicted octanol–water partition coefficient (Wildman–Crippen LogP) is 4.87. The number of phenolic OH excluding ortho intramolecular Hbond substituents is 1. The number of aromatic nitrogens is 1. The summed E-state index contributed by atoms with van der Waals surface area (Å²) >= 11 is 0. The number of oxazole rings is 1. The highest BCUT2D eigenvalue weighted by Crippen LogP contribution is 2.29. The lowest BCUT2D eigenvalue weighted by Crippen LogP contribution is -1.78. The number of rotatable bonds is 2. The largest absolute Gasteiger partial charge is 0.508 e. The van der Waals surface area contributed by atoms with Gasteiger partial charge in [-0.15, -0.1) is 0 Å². The van der Waals surface area contributed by atoms with Crippen molar-refractivity contribution in [2.24, 2.45) is 0 Å². The molecule has 3 aromatic carbocycles. The van der Waals surface area contributed by atoms with Gasteiger partial charge in [0.25, 0.3) is 0 Å². The third kappa shape index (κ3) is 2.23. The zero-order chi connectivity index (χ0) is 14.9. The molecule has 0 saturated heterocycles. The quantitative estimate of drug-likeness (QED) is 0.572. The van der Waals surface area contributed by atoms with Gasteiger partial charge >= 0.3 is 0 Å². The molecule has 0 unspecified atom stereocenters. The fourth-order valence-electron chi connectivity index (χ4n) is 2.51. The van der Waals surface area contributed by atoms with Crippen molar-refractivity contribution in [3.05, 3.63) is 72.9 Å². The first-order valence-electron chi connectivity index (χ1n) is 7.04. The van der Waals surface area contributed by atoms with Crippen molar-refractivity contribution < 1.29 is 9.52 Å². The molecule has 0 spiro atoms. The van der Waals surface area contributed by atoms with Crippen LogP contribution in [0, 0.1) is 0 Å². The first-order valence-corrected chi connectivity index (χ1v) is 7.04. The van der Waals surface area contributed by atoms with E-state index in [1.807, 2.05) is 54.6 Å². The molecule has 0 atom stereocenters. The summed E-state index contributed by atoms with van der Waals surface area (Å²) in [4.78, 5) is 4.37. The molecule has 106 valence electrons. The van der Waals surface area contributed by atoms with Crippen LogP contribution in [0.5, 0.6) is 5.75 Å². The van der Waals surface area contributed by atoms with Gasteiger partial charge in [0.1, 0.15) is 5.75 Å². The minimum absolute atomic E-state index is 0.266. The normalized spacial score (nSPS) is 10.9. The number of hydrogen-bond acceptors (Lipinski definition) is 3. The zero-order valence-corrected chi connectivity index (χ0v) is 11.7. The number of aromatic hydroxyl groups is 1. The van der Waals surface area contributed by atoms with Crippen LogP contribution < -0.4 is 0 Å². The van der Waals surface area contributed by atoms with Gasteiger partial charge in [0.15, 0.2) is 5.76 Å². The molecule has 0 radical (unpaired) electrons. The third-order valence-electron chi connectivity index (χ3n) is 3.63. The lowest BCUT2D eigenvalue weighted by Gasteiger charge is -2.01. The van der Waals surface area contributed by atoms with Crippen LogP contribution in [0.2, 0.25) is 0 Å². The average molecular weight is 287 g/mol. The summed E-state index contributed by atoms with van der Waals surface area (Å²) < 4.78 is 5.87. The molecular formula is C19H13NO2. The van der Waals surface area contributed by atoms with Crippen LogP contribution in [0.3, 0.4) is 0 Å². The SMILES string of the molecule is Oc1ccc2cc(-c3ncc(-c4ccccc4)o3)ccc2c1. The second-order valence-corrected chi connectivity index (χ2v) is 5.14. The molecule has 3 heteroatoms. The van der Waals surface area contributed by atoms with Crippen LogP contribution in [0.15, 0.2) is 77.3 Å². The van der Waals surface area contributed by atoms with Crippen LogP contribution >= 0.6 is 0 Å². The van der Waals surface area contributed by atoms with E-state index in [4.69, 9.17) is 4.42 Å². The van der Waals surface area contributed by atoms with Crippen molar-refractivity contribution in [2.45, 2.75) is 0 Å². The van der Waals surface area contributed by atoms with Gasteiger partial charge in [0.05, 0.1) is 6.20 Å². The Labute approximate surface area is 127 Å². The second kappa shape index (κ2) is 5.04. The van der Waals surface area contributed by atoms with E-state index >= 15 is 0 Å². The Balaban J connectivity index is 1.76. The Kier molecular flexibility index (Phi) is 2.90. The van der Waals surface area contributed by atoms with Crippen molar-refractivity contribution in [1.29, 1.82) is 0 Å². The second-order valence-electron chi connectivity index (χ2n) is 5.14. The summed E-state index contributed by atoms with van der Waals surface area (Å²) in [6.45, 7) is 0. The molecule has 0 aliphatic carbocycles. The molecule has 3 nitrogen and oxygen atoms in total. The van der Waals surface area contributed by atoms with Gasteiger partial charge < -0.3 is 9.52 Å². The maximum Gasteiger partial charge on any atom is 0.226 e. The lowest BCUT2D eigenvalue weighted by atomic mass is 10.1. The molecular weight excluding hydrogens is 274 g/mol. The minimum atomic E-state index is 0.266. The molecule has 0 aliphatic heterocycles. The topological polar surface area (TPSA) is 46.3 Å². The van der Waals surface area contributed by atoms with Crippen LogP contribution in [0.4, 0.5) is 0 Å². The predicted molar refractivity (Wildman–Crippen MR) is 86.5 cm³/mol. The van der Waals surface area contributed by atoms with E-state index in [9.17, 15) is 5.11 Å². The molecule has 0 bridgehead atoms. The van der Waals surface area contributed by atoms with E-state index in [0.717, 1.165) is 27.7 Å². The fraction of sp³-hybridized carbons (Fsp3) is 0. The highest BCUT2D eigenvalue weighted by Gasteiger charge is 2.09. The molecule has 4 rings (SSSR count). The van der Waals surface area contributed by atoms with E-state index in [0.29, 0.717) is 5.89 Å². The Morgan fingerprint density at radius 1 is 0.773 bits per heavy atom. The summed E-state index contributed by atoms with van der Waals surface area (Å²) in [5.41, 5.74) is 1.92. The van der Waals surface area contributed by atoms with Gasteiger partial charge in [-0.2, -0.15) is 0 Å². The van der Waals surface area contributed by atoms with Crippen molar-refractivity contribution in [3.8, 4) is 28.5 Å². The van der Waals surface area contributed by atoms with Gasteiger partial charge in [-0.05, 0) is 35.0 Å². The Morgan fingerprint density at radius 3 is 2.41 bits per heavy atom. The highest BCUT2D eigenvalue weighted by molar-refractivity contribution is 5.87. The summed E-state index contributed by atoms with van der Waals surface area (Å²) in [6, 6.07) is 21.1. The average Bonchev–Trinajstić information content (AvgIpc) is 3.05. The molecule has 4 aromatic rings. The standard InChI is InChI=1S/C19H13NO2/c21-17-9-8-14-10-16(7-6-15(14)11-17)19-20-12-18(22-19)13-4-2-1-3-5-13/h1-12,21H. The van der Waals surface area contributed by atoms with Gasteiger partial charge in [0, 0.05) is 11.1 Å². The van der Waals surface area contributed by atoms with Gasteiger partial charge in [-0.3, -0.25) is 0 Å². The van der Waals surface area contributed by atoms with Crippen molar-refractivity contribution in [1.82, 2.24) is 4.98 Å². The molecule has 22 heavy (non-hydrogen) atoms. The molecule has 1 aromatic heterocycles. The molecule has 1 heterocycles. The van der Waals surface area contributed by atoms with Crippen molar-refractivity contribution >= 4 is 10.8 Å². The van der Waals surface area contributed by atoms with Crippen molar-refractivity contribution in [3.63, 3.8) is 0 Å². The first-order chi connectivity index (χ1) is 10.8. The highest BCUT2D eigenvalue weighted by atomic mass is 16.4. The van der Waals surface area contributed by atoms with Crippen LogP contribution in [-0.4, -0.2) is 10.1 Å². The van der Waals surface area contributed by atoms with E-state index in [1.165, 1.54) is 0 Å². The number of hydrogen-bond donors (Lipinski definition) is 1. The fourth-order valence-corrected chi connectivity index (χ4v) is 2.51. The van der Waals surface area contributed by atoms with Crippen LogP contribution in [0.25, 0.3) is 33.6 Å². The number of phenols is 1. The van der Waals surface area contributed by atoms with Crippen molar-refractivity contribution in [2.75, 3.05) is 0 Å². The summed E-state index contributed by atoms with van der Waals surface area (Å²) in [6.07, 6.45) is 1.74. The number of nitrogens with zero attached hydrogens (tertiary/aromatic N) is 1. The smallest absolute Gasteiger partial charge is 0.226 e. The van der Waals surface area contributed by atoms with Gasteiger partial charge in [-0.1, -0.05) is 42.5 Å². The van der Waals surface area contributed by atoms with E-state index in [2.05, 4.69) is 4.98 Å². The number of fused-ring (bicyclic) bond motifs is 1.